The number of likely N-dealkylation sites (tertiary alicyclic amines) is 1. The molecule has 24 heavy (non-hydrogen) atoms. The number of hydrogen-bond acceptors (Lipinski definition) is 4. The number of carboxylic acid groups (broad SMARTS) is 1. The van der Waals surface area contributed by atoms with Crippen molar-refractivity contribution < 1.29 is 19.4 Å². The molecule has 1 saturated heterocycles. The zero-order valence-corrected chi connectivity index (χ0v) is 14.2. The minimum Gasteiger partial charge on any atom is -0.497 e. The maximum Gasteiger partial charge on any atom is 0.315 e. The van der Waals surface area contributed by atoms with Crippen LogP contribution < -0.4 is 9.47 Å². The highest BCUT2D eigenvalue weighted by molar-refractivity contribution is 5.78. The lowest BCUT2D eigenvalue weighted by Gasteiger charge is -2.36. The van der Waals surface area contributed by atoms with Crippen LogP contribution >= 0.6 is 0 Å². The van der Waals surface area contributed by atoms with Gasteiger partial charge in [0.1, 0.15) is 23.5 Å². The highest BCUT2D eigenvalue weighted by Gasteiger charge is 2.57. The van der Waals surface area contributed by atoms with E-state index in [2.05, 4.69) is 4.90 Å². The first-order valence-corrected chi connectivity index (χ1v) is 8.92. The van der Waals surface area contributed by atoms with Gasteiger partial charge in [0.2, 0.25) is 0 Å². The second-order valence-electron chi connectivity index (χ2n) is 7.43. The Hall–Kier alpha value is -1.75. The molecule has 1 aromatic carbocycles. The summed E-state index contributed by atoms with van der Waals surface area (Å²) >= 11 is 0. The topological polar surface area (TPSA) is 59.0 Å². The quantitative estimate of drug-likeness (QED) is 0.923. The van der Waals surface area contributed by atoms with E-state index in [1.165, 1.54) is 32.1 Å². The molecule has 2 fully saturated rings. The summed E-state index contributed by atoms with van der Waals surface area (Å²) in [7, 11) is 1.63. The normalized spacial score (nSPS) is 30.3. The predicted molar refractivity (Wildman–Crippen MR) is 89.7 cm³/mol. The first kappa shape index (κ1) is 15.8. The molecule has 0 unspecified atom stereocenters. The number of fused-ring (bicyclic) bond motifs is 3. The van der Waals surface area contributed by atoms with Crippen molar-refractivity contribution >= 4 is 5.97 Å². The van der Waals surface area contributed by atoms with E-state index >= 15 is 0 Å². The van der Waals surface area contributed by atoms with Gasteiger partial charge in [-0.3, -0.25) is 9.69 Å². The third kappa shape index (κ3) is 2.37. The number of aliphatic carboxylic acids is 1. The van der Waals surface area contributed by atoms with Gasteiger partial charge < -0.3 is 14.6 Å². The summed E-state index contributed by atoms with van der Waals surface area (Å²) in [4.78, 5) is 14.6. The van der Waals surface area contributed by atoms with Crippen LogP contribution in [0.1, 0.15) is 43.6 Å². The summed E-state index contributed by atoms with van der Waals surface area (Å²) < 4.78 is 11.2. The first-order chi connectivity index (χ1) is 11.6. The van der Waals surface area contributed by atoms with Gasteiger partial charge in [-0.2, -0.15) is 0 Å². The van der Waals surface area contributed by atoms with Crippen LogP contribution in [0.5, 0.6) is 11.5 Å². The molecule has 2 aliphatic heterocycles. The zero-order chi connectivity index (χ0) is 16.7. The standard InChI is InChI=1S/C19H25NO4/c1-23-14-7-8-15-16-10-20(13-5-3-2-4-6-13)11-19(16,18(21)22)12-24-17(15)9-14/h7-9,13,16H,2-6,10-12H2,1H3,(H,21,22)/t16-,19-/m1/s1. The number of carbonyl (C=O) groups is 1. The van der Waals surface area contributed by atoms with E-state index in [0.29, 0.717) is 12.6 Å². The maximum atomic E-state index is 12.2. The third-order valence-corrected chi connectivity index (χ3v) is 6.17. The molecular formula is C19H25NO4. The van der Waals surface area contributed by atoms with Crippen molar-refractivity contribution in [1.82, 2.24) is 4.90 Å². The average molecular weight is 331 g/mol. The Morgan fingerprint density at radius 3 is 2.83 bits per heavy atom. The Labute approximate surface area is 142 Å². The Kier molecular flexibility index (Phi) is 3.91. The van der Waals surface area contributed by atoms with Gasteiger partial charge in [0.05, 0.1) is 7.11 Å². The predicted octanol–water partition coefficient (Wildman–Crippen LogP) is 2.89. The van der Waals surface area contributed by atoms with E-state index in [-0.39, 0.29) is 12.5 Å². The number of benzene rings is 1. The SMILES string of the molecule is COc1ccc2c(c1)OC[C@]1(C(=O)O)CN(C3CCCCC3)C[C@H]21. The van der Waals surface area contributed by atoms with Crippen LogP contribution in [0.3, 0.4) is 0 Å². The second-order valence-corrected chi connectivity index (χ2v) is 7.43. The molecule has 1 saturated carbocycles. The molecule has 1 aliphatic carbocycles. The molecule has 0 aromatic heterocycles. The largest absolute Gasteiger partial charge is 0.497 e. The molecule has 3 aliphatic rings. The summed E-state index contributed by atoms with van der Waals surface area (Å²) in [5.74, 6) is 0.791. The Bertz CT molecular complexity index is 640. The van der Waals surface area contributed by atoms with E-state index < -0.39 is 11.4 Å². The van der Waals surface area contributed by atoms with Crippen molar-refractivity contribution in [3.05, 3.63) is 23.8 Å². The number of nitrogens with zero attached hydrogens (tertiary/aromatic N) is 1. The monoisotopic (exact) mass is 331 g/mol. The lowest BCUT2D eigenvalue weighted by Crippen LogP contribution is -2.46. The van der Waals surface area contributed by atoms with Crippen molar-refractivity contribution in [2.24, 2.45) is 5.41 Å². The highest BCUT2D eigenvalue weighted by atomic mass is 16.5. The number of ether oxygens (including phenoxy) is 2. The van der Waals surface area contributed by atoms with Gasteiger partial charge in [-0.15, -0.1) is 0 Å². The maximum absolute atomic E-state index is 12.2. The van der Waals surface area contributed by atoms with Gasteiger partial charge >= 0.3 is 5.97 Å². The van der Waals surface area contributed by atoms with E-state index in [0.717, 1.165) is 23.6 Å². The first-order valence-electron chi connectivity index (χ1n) is 8.92. The molecule has 1 aromatic rings. The van der Waals surface area contributed by atoms with E-state index in [1.807, 2.05) is 18.2 Å². The molecule has 2 atom stereocenters. The fourth-order valence-corrected chi connectivity index (χ4v) is 4.75. The minimum atomic E-state index is -0.820. The molecule has 0 amide bonds. The van der Waals surface area contributed by atoms with Gasteiger partial charge in [-0.25, -0.2) is 0 Å². The van der Waals surface area contributed by atoms with E-state index in [9.17, 15) is 9.90 Å². The molecular weight excluding hydrogens is 306 g/mol. The van der Waals surface area contributed by atoms with Crippen LogP contribution in [0, 0.1) is 5.41 Å². The molecule has 0 spiro atoms. The summed E-state index contributed by atoms with van der Waals surface area (Å²) in [6.45, 7) is 1.67. The lowest BCUT2D eigenvalue weighted by molar-refractivity contribution is -0.152. The summed E-state index contributed by atoms with van der Waals surface area (Å²) in [6, 6.07) is 6.30. The van der Waals surface area contributed by atoms with Crippen LogP contribution in [0.25, 0.3) is 0 Å². The van der Waals surface area contributed by atoms with Crippen LogP contribution in [-0.2, 0) is 4.79 Å². The Balaban J connectivity index is 1.67. The molecule has 1 N–H and O–H groups in total. The molecule has 0 radical (unpaired) electrons. The average Bonchev–Trinajstić information content (AvgIpc) is 3.03. The molecule has 0 bridgehead atoms. The highest BCUT2D eigenvalue weighted by Crippen LogP contribution is 2.51. The molecule has 4 rings (SSSR count). The van der Waals surface area contributed by atoms with E-state index in [1.54, 1.807) is 7.11 Å². The summed E-state index contributed by atoms with van der Waals surface area (Å²) in [6.07, 6.45) is 6.22. The van der Waals surface area contributed by atoms with Crippen LogP contribution in [-0.4, -0.2) is 48.8 Å². The fourth-order valence-electron chi connectivity index (χ4n) is 4.75. The summed E-state index contributed by atoms with van der Waals surface area (Å²) in [5.41, 5.74) is 0.196. The zero-order valence-electron chi connectivity index (χ0n) is 14.2. The van der Waals surface area contributed by atoms with Crippen molar-refractivity contribution in [3.63, 3.8) is 0 Å². The van der Waals surface area contributed by atoms with Gasteiger partial charge in [0.25, 0.3) is 0 Å². The number of hydrogen-bond donors (Lipinski definition) is 1. The Morgan fingerprint density at radius 1 is 1.33 bits per heavy atom. The number of rotatable bonds is 3. The van der Waals surface area contributed by atoms with Crippen LogP contribution in [0.2, 0.25) is 0 Å². The van der Waals surface area contributed by atoms with Gasteiger partial charge in [-0.1, -0.05) is 25.3 Å². The number of carboxylic acids is 1. The fraction of sp³-hybridized carbons (Fsp3) is 0.632. The Morgan fingerprint density at radius 2 is 2.12 bits per heavy atom. The molecule has 2 heterocycles. The summed E-state index contributed by atoms with van der Waals surface area (Å²) in [5, 5.41) is 10.0. The molecule has 5 heteroatoms. The van der Waals surface area contributed by atoms with Gasteiger partial charge in [0.15, 0.2) is 0 Å². The second kappa shape index (κ2) is 5.96. The van der Waals surface area contributed by atoms with Crippen LogP contribution in [0.15, 0.2) is 18.2 Å². The molecule has 130 valence electrons. The van der Waals surface area contributed by atoms with Crippen LogP contribution in [0.4, 0.5) is 0 Å². The van der Waals surface area contributed by atoms with E-state index in [4.69, 9.17) is 9.47 Å². The van der Waals surface area contributed by atoms with Crippen molar-refractivity contribution in [2.45, 2.75) is 44.1 Å². The molecule has 5 nitrogen and oxygen atoms in total. The van der Waals surface area contributed by atoms with Gasteiger partial charge in [0, 0.05) is 36.7 Å². The lowest BCUT2D eigenvalue weighted by atomic mass is 9.73. The smallest absolute Gasteiger partial charge is 0.315 e. The van der Waals surface area contributed by atoms with Crippen molar-refractivity contribution in [3.8, 4) is 11.5 Å². The van der Waals surface area contributed by atoms with Crippen molar-refractivity contribution in [2.75, 3.05) is 26.8 Å². The number of methoxy groups -OCH3 is 1. The minimum absolute atomic E-state index is 0.00779. The van der Waals surface area contributed by atoms with Gasteiger partial charge in [-0.05, 0) is 18.9 Å². The third-order valence-electron chi connectivity index (χ3n) is 6.17. The van der Waals surface area contributed by atoms with Crippen molar-refractivity contribution in [1.29, 1.82) is 0 Å².